The van der Waals surface area contributed by atoms with E-state index in [9.17, 15) is 19.2 Å². The van der Waals surface area contributed by atoms with Crippen LogP contribution in [0.1, 0.15) is 0 Å². The summed E-state index contributed by atoms with van der Waals surface area (Å²) in [5.74, 6) is 0. The van der Waals surface area contributed by atoms with E-state index >= 15 is 0 Å². The van der Waals surface area contributed by atoms with Crippen LogP contribution in [-0.2, 0) is 7.05 Å². The fourth-order valence-corrected chi connectivity index (χ4v) is 6.01. The van der Waals surface area contributed by atoms with Gasteiger partial charge in [-0.1, -0.05) is 105 Å². The van der Waals surface area contributed by atoms with Crippen LogP contribution in [0, 0.1) is 31.1 Å². The van der Waals surface area contributed by atoms with Crippen LogP contribution in [0.4, 0.5) is 0 Å². The zero-order chi connectivity index (χ0) is 36.6. The van der Waals surface area contributed by atoms with Gasteiger partial charge < -0.3 is 0 Å². The zero-order valence-electron chi connectivity index (χ0n) is 26.7. The second kappa shape index (κ2) is 19.1. The van der Waals surface area contributed by atoms with Gasteiger partial charge >= 0.3 is 11.4 Å². The van der Waals surface area contributed by atoms with Crippen molar-refractivity contribution in [1.29, 1.82) is 1.34 Å². The van der Waals surface area contributed by atoms with Crippen LogP contribution in [0.25, 0.3) is 33.4 Å². The Morgan fingerprint density at radius 3 is 1.67 bits per heavy atom. The minimum absolute atomic E-state index is 0. The Bertz CT molecular complexity index is 2360. The number of para-hydroxylation sites is 2. The molecule has 1 N–H and O–H groups in total. The number of aromatic nitrogens is 8. The van der Waals surface area contributed by atoms with Crippen molar-refractivity contribution in [2.75, 3.05) is 17.4 Å². The van der Waals surface area contributed by atoms with Crippen LogP contribution >= 0.6 is 92.5 Å². The van der Waals surface area contributed by atoms with Crippen LogP contribution in [0.3, 0.4) is 0 Å². The second-order valence-electron chi connectivity index (χ2n) is 8.91. The number of aromatic amines is 1. The molecular weight excluding hydrogens is 1090 g/mol. The molecule has 4 aromatic heterocycles. The molecule has 0 spiro atoms. The van der Waals surface area contributed by atoms with Crippen LogP contribution < -0.4 is 22.5 Å². The summed E-state index contributed by atoms with van der Waals surface area (Å²) < 4.78 is 8.35. The molecule has 0 unspecified atom stereocenters. The molecule has 0 aliphatic rings. The summed E-state index contributed by atoms with van der Waals surface area (Å²) in [6.45, 7) is 0. The molecule has 0 aliphatic heterocycles. The fraction of sp³-hybridized carbons (Fsp3) is 0.143. The third-order valence-corrected chi connectivity index (χ3v) is 8.64. The van der Waals surface area contributed by atoms with Crippen molar-refractivity contribution >= 4 is 123 Å². The Morgan fingerprint density at radius 1 is 0.755 bits per heavy atom. The van der Waals surface area contributed by atoms with Gasteiger partial charge in [-0.2, -0.15) is 0 Å². The van der Waals surface area contributed by atoms with Crippen molar-refractivity contribution in [1.82, 2.24) is 38.6 Å². The Hall–Kier alpha value is -1.81. The topological polar surface area (TPSA) is 150 Å². The molecule has 21 heteroatoms. The molecular formula is C28H22BCl4IN8O4S2U. The number of thioether (sulfide) groups is 2. The van der Waals surface area contributed by atoms with Gasteiger partial charge in [0.25, 0.3) is 11.1 Å². The molecule has 6 aromatic rings. The number of alkyl halides is 1. The van der Waals surface area contributed by atoms with Crippen LogP contribution in [0.15, 0.2) is 78.3 Å². The summed E-state index contributed by atoms with van der Waals surface area (Å²) >= 11 is 29.2. The van der Waals surface area contributed by atoms with Gasteiger partial charge in [-0.3, -0.25) is 19.1 Å². The van der Waals surface area contributed by atoms with Crippen molar-refractivity contribution in [2.24, 2.45) is 7.05 Å². The maximum absolute atomic E-state index is 12.8. The molecule has 2 radical (unpaired) electrons. The van der Waals surface area contributed by atoms with Gasteiger partial charge in [0.05, 0.1) is 31.5 Å². The average molecular weight is 1120 g/mol. The monoisotopic (exact) mass is 1110 g/mol. The number of hydrogen-bond acceptors (Lipinski definition) is 10. The summed E-state index contributed by atoms with van der Waals surface area (Å²) in [5, 5.41) is 2.11. The molecule has 0 aliphatic carbocycles. The SMILES string of the molecule is CI.CSc1ncc2c(=O)n(-c3c(Cl)cccc3Cl)c(=O)[nH]c2n1.CSc1ncc2c(=O)n(-c3c(Cl)cccc3Cl)c(=O)n(C)c2n1.[2H][B].[U]. The Kier molecular flexibility index (Phi) is 16.3. The number of nitrogens with zero attached hydrogens (tertiary/aromatic N) is 7. The maximum Gasteiger partial charge on any atom is 0.337 e. The molecule has 2 aromatic carbocycles. The van der Waals surface area contributed by atoms with E-state index in [-0.39, 0.29) is 84.6 Å². The Morgan fingerprint density at radius 2 is 1.18 bits per heavy atom. The van der Waals surface area contributed by atoms with Crippen LogP contribution in [0.2, 0.25) is 20.1 Å². The van der Waals surface area contributed by atoms with Gasteiger partial charge in [-0.05, 0) is 43.0 Å². The van der Waals surface area contributed by atoms with Gasteiger partial charge in [-0.25, -0.2) is 38.7 Å². The first-order chi connectivity index (χ1) is 23.5. The first kappa shape index (κ1) is 41.6. The minimum atomic E-state index is -0.668. The normalized spacial score (nSPS) is 10.4. The standard InChI is InChI=1S/C14H10Cl2N4O2S.C13H8Cl2N4O2S.CH3I.BH.U/c1-19-11-7(6-17-13(18-11)23-2)12(21)20(14(19)22)10-8(15)4-3-5-9(10)16;1-22-12-16-5-6-10(17-12)18-13(21)19(11(6)20)9-7(14)3-2-4-8(9)15;1-2;;/h3-6H,1-2H3;2-5H,1H3,(H,16,17,18,21);1H3;1H;/i;;;1D;. The smallest absolute Gasteiger partial charge is 0.291 e. The van der Waals surface area contributed by atoms with E-state index in [1.165, 1.54) is 47.5 Å². The van der Waals surface area contributed by atoms with E-state index in [1.54, 1.807) is 42.7 Å². The fourth-order valence-electron chi connectivity index (χ4n) is 4.20. The van der Waals surface area contributed by atoms with E-state index in [4.69, 9.17) is 47.7 Å². The molecule has 0 fully saturated rings. The van der Waals surface area contributed by atoms with E-state index in [2.05, 4.69) is 55.9 Å². The van der Waals surface area contributed by atoms with Crippen molar-refractivity contribution < 1.29 is 31.1 Å². The van der Waals surface area contributed by atoms with Gasteiger partial charge in [0.1, 0.15) is 10.8 Å². The largest absolute Gasteiger partial charge is 0.337 e. The van der Waals surface area contributed by atoms with Gasteiger partial charge in [-0.15, -0.1) is 0 Å². The zero-order valence-corrected chi connectivity index (χ0v) is 36.6. The molecule has 12 nitrogen and oxygen atoms in total. The van der Waals surface area contributed by atoms with Gasteiger partial charge in [0, 0.05) is 58.9 Å². The molecule has 4 heterocycles. The summed E-state index contributed by atoms with van der Waals surface area (Å²) in [6.07, 6.45) is 6.37. The molecule has 0 saturated heterocycles. The molecule has 6 rings (SSSR count). The number of benzene rings is 2. The number of hydrogen-bond donors (Lipinski definition) is 1. The molecule has 49 heavy (non-hydrogen) atoms. The van der Waals surface area contributed by atoms with Crippen molar-refractivity contribution in [3.63, 3.8) is 0 Å². The number of H-pyrrole nitrogens is 1. The predicted octanol–water partition coefficient (Wildman–Crippen LogP) is 5.41. The van der Waals surface area contributed by atoms with Gasteiger partial charge in [0.15, 0.2) is 21.6 Å². The number of fused-ring (bicyclic) bond motifs is 2. The molecule has 252 valence electrons. The van der Waals surface area contributed by atoms with Crippen LogP contribution in [-0.4, -0.2) is 65.8 Å². The predicted molar refractivity (Wildman–Crippen MR) is 207 cm³/mol. The van der Waals surface area contributed by atoms with Crippen molar-refractivity contribution in [2.45, 2.75) is 10.3 Å². The quantitative estimate of drug-likeness (QED) is 0.0799. The number of aryl methyl sites for hydroxylation is 1. The van der Waals surface area contributed by atoms with E-state index in [0.29, 0.717) is 10.3 Å². The number of rotatable bonds is 4. The van der Waals surface area contributed by atoms with E-state index in [1.807, 2.05) is 11.2 Å². The second-order valence-corrected chi connectivity index (χ2v) is 12.1. The molecule has 0 bridgehead atoms. The first-order valence-electron chi connectivity index (χ1n) is 13.4. The summed E-state index contributed by atoms with van der Waals surface area (Å²) in [7, 11) is 5.28. The molecule has 0 saturated carbocycles. The number of halogens is 5. The minimum Gasteiger partial charge on any atom is -0.291 e. The molecule has 0 amide bonds. The third-order valence-electron chi connectivity index (χ3n) is 6.29. The third kappa shape index (κ3) is 8.98. The van der Waals surface area contributed by atoms with E-state index in [0.717, 1.165) is 9.13 Å². The van der Waals surface area contributed by atoms with Crippen LogP contribution in [0.5, 0.6) is 0 Å². The Balaban J connectivity index is 0.000000310. The number of nitrogens with one attached hydrogen (secondary N) is 1. The average Bonchev–Trinajstić information content (AvgIpc) is 3.11. The van der Waals surface area contributed by atoms with E-state index < -0.39 is 22.5 Å². The van der Waals surface area contributed by atoms with Crippen molar-refractivity contribution in [3.8, 4) is 11.4 Å². The van der Waals surface area contributed by atoms with Gasteiger partial charge in [0.2, 0.25) is 0 Å². The molecule has 0 atom stereocenters. The maximum atomic E-state index is 12.8. The summed E-state index contributed by atoms with van der Waals surface area (Å²) in [5.41, 5.74) is -1.67. The Labute approximate surface area is 347 Å². The summed E-state index contributed by atoms with van der Waals surface area (Å²) in [4.78, 5) is 71.3. The summed E-state index contributed by atoms with van der Waals surface area (Å²) in [6, 6.07) is 9.48. The first-order valence-corrected chi connectivity index (χ1v) is 19.0. The van der Waals surface area contributed by atoms with Crippen molar-refractivity contribution in [3.05, 3.63) is 111 Å².